The van der Waals surface area contributed by atoms with Crippen LogP contribution in [0.2, 0.25) is 0 Å². The molecule has 0 unspecified atom stereocenters. The van der Waals surface area contributed by atoms with Crippen LogP contribution in [0, 0.1) is 11.3 Å². The molecule has 0 radical (unpaired) electrons. The summed E-state index contributed by atoms with van der Waals surface area (Å²) in [5.41, 5.74) is -0.967. The minimum atomic E-state index is -0.719. The van der Waals surface area contributed by atoms with Crippen LogP contribution < -0.4 is 11.0 Å². The SMILES string of the molecule is CCCCn1c(SCC(=O)NC2(C#N)CCCCC2)n[nH]c1=O. The molecule has 0 aromatic carbocycles. The number of thioether (sulfide) groups is 1. The Morgan fingerprint density at radius 1 is 1.48 bits per heavy atom. The first-order chi connectivity index (χ1) is 11.1. The molecule has 126 valence electrons. The van der Waals surface area contributed by atoms with Crippen LogP contribution >= 0.6 is 11.8 Å². The number of aromatic nitrogens is 3. The van der Waals surface area contributed by atoms with Crippen LogP contribution in [0.5, 0.6) is 0 Å². The molecular formula is C15H23N5O2S. The number of nitrogens with one attached hydrogen (secondary N) is 2. The zero-order valence-corrected chi connectivity index (χ0v) is 14.2. The molecule has 1 fully saturated rings. The maximum atomic E-state index is 12.2. The summed E-state index contributed by atoms with van der Waals surface area (Å²) in [5.74, 6) is -0.0317. The second-order valence-corrected chi connectivity index (χ2v) is 6.85. The number of carbonyl (C=O) groups is 1. The molecule has 1 amide bonds. The minimum Gasteiger partial charge on any atom is -0.337 e. The molecule has 2 N–H and O–H groups in total. The highest BCUT2D eigenvalue weighted by atomic mass is 32.2. The highest BCUT2D eigenvalue weighted by molar-refractivity contribution is 7.99. The van der Waals surface area contributed by atoms with Crippen LogP contribution in [0.15, 0.2) is 9.95 Å². The maximum Gasteiger partial charge on any atom is 0.343 e. The van der Waals surface area contributed by atoms with E-state index in [1.807, 2.05) is 0 Å². The van der Waals surface area contributed by atoms with E-state index in [9.17, 15) is 14.9 Å². The summed E-state index contributed by atoms with van der Waals surface area (Å²) in [5, 5.41) is 19.2. The smallest absolute Gasteiger partial charge is 0.337 e. The fourth-order valence-corrected chi connectivity index (χ4v) is 3.55. The number of unbranched alkanes of at least 4 members (excludes halogenated alkanes) is 1. The number of nitriles is 1. The van der Waals surface area contributed by atoms with Gasteiger partial charge >= 0.3 is 5.69 Å². The van der Waals surface area contributed by atoms with Crippen molar-refractivity contribution in [2.45, 2.75) is 69.1 Å². The molecule has 1 aliphatic carbocycles. The fraction of sp³-hybridized carbons (Fsp3) is 0.733. The van der Waals surface area contributed by atoms with Crippen molar-refractivity contribution < 1.29 is 4.79 Å². The molecular weight excluding hydrogens is 314 g/mol. The predicted octanol–water partition coefficient (Wildman–Crippen LogP) is 1.81. The average Bonchev–Trinajstić information content (AvgIpc) is 2.92. The Labute approximate surface area is 139 Å². The normalized spacial score (nSPS) is 16.7. The van der Waals surface area contributed by atoms with Gasteiger partial charge < -0.3 is 5.32 Å². The number of rotatable bonds is 7. The lowest BCUT2D eigenvalue weighted by atomic mass is 9.83. The molecule has 7 nitrogen and oxygen atoms in total. The zero-order valence-electron chi connectivity index (χ0n) is 13.4. The summed E-state index contributed by atoms with van der Waals surface area (Å²) < 4.78 is 1.56. The fourth-order valence-electron chi connectivity index (χ4n) is 2.78. The molecule has 2 rings (SSSR count). The Morgan fingerprint density at radius 2 is 2.22 bits per heavy atom. The Balaban J connectivity index is 1.92. The van der Waals surface area contributed by atoms with Crippen molar-refractivity contribution in [3.05, 3.63) is 10.5 Å². The highest BCUT2D eigenvalue weighted by Crippen LogP contribution is 2.27. The second-order valence-electron chi connectivity index (χ2n) is 5.91. The van der Waals surface area contributed by atoms with Gasteiger partial charge in [-0.1, -0.05) is 44.4 Å². The third-order valence-corrected chi connectivity index (χ3v) is 5.07. The van der Waals surface area contributed by atoms with Crippen LogP contribution in [0.1, 0.15) is 51.9 Å². The van der Waals surface area contributed by atoms with E-state index < -0.39 is 5.54 Å². The largest absolute Gasteiger partial charge is 0.343 e. The van der Waals surface area contributed by atoms with E-state index >= 15 is 0 Å². The van der Waals surface area contributed by atoms with E-state index in [0.717, 1.165) is 32.1 Å². The molecule has 0 aliphatic heterocycles. The summed E-state index contributed by atoms with van der Waals surface area (Å²) in [6.45, 7) is 2.65. The molecule has 1 aliphatic rings. The van der Waals surface area contributed by atoms with Gasteiger partial charge in [-0.3, -0.25) is 9.36 Å². The average molecular weight is 337 g/mol. The van der Waals surface area contributed by atoms with Gasteiger partial charge in [0.15, 0.2) is 5.16 Å². The lowest BCUT2D eigenvalue weighted by Crippen LogP contribution is -2.49. The first-order valence-electron chi connectivity index (χ1n) is 8.10. The Morgan fingerprint density at radius 3 is 2.87 bits per heavy atom. The summed E-state index contributed by atoms with van der Waals surface area (Å²) in [6, 6.07) is 2.27. The van der Waals surface area contributed by atoms with Gasteiger partial charge in [0.2, 0.25) is 5.91 Å². The quantitative estimate of drug-likeness (QED) is 0.739. The van der Waals surface area contributed by atoms with E-state index in [4.69, 9.17) is 0 Å². The zero-order chi connectivity index (χ0) is 16.7. The topological polar surface area (TPSA) is 104 Å². The summed E-state index contributed by atoms with van der Waals surface area (Å²) >= 11 is 1.22. The van der Waals surface area contributed by atoms with Crippen molar-refractivity contribution in [3.63, 3.8) is 0 Å². The molecule has 1 aromatic heterocycles. The van der Waals surface area contributed by atoms with Crippen molar-refractivity contribution in [2.24, 2.45) is 0 Å². The lowest BCUT2D eigenvalue weighted by molar-refractivity contribution is -0.120. The Bertz CT molecular complexity index is 625. The maximum absolute atomic E-state index is 12.2. The van der Waals surface area contributed by atoms with E-state index in [1.165, 1.54) is 11.8 Å². The van der Waals surface area contributed by atoms with Crippen molar-refractivity contribution in [1.82, 2.24) is 20.1 Å². The molecule has 0 bridgehead atoms. The third kappa shape index (κ3) is 4.61. The van der Waals surface area contributed by atoms with Crippen molar-refractivity contribution >= 4 is 17.7 Å². The summed E-state index contributed by atoms with van der Waals surface area (Å²) in [7, 11) is 0. The lowest BCUT2D eigenvalue weighted by Gasteiger charge is -2.31. The first kappa shape index (κ1) is 17.6. The van der Waals surface area contributed by atoms with Gasteiger partial charge in [0.05, 0.1) is 11.8 Å². The van der Waals surface area contributed by atoms with E-state index in [1.54, 1.807) is 4.57 Å². The number of H-pyrrole nitrogens is 1. The monoisotopic (exact) mass is 337 g/mol. The number of amides is 1. The van der Waals surface area contributed by atoms with Gasteiger partial charge in [-0.25, -0.2) is 9.89 Å². The van der Waals surface area contributed by atoms with Gasteiger partial charge in [0.25, 0.3) is 0 Å². The van der Waals surface area contributed by atoms with E-state index in [-0.39, 0.29) is 17.3 Å². The van der Waals surface area contributed by atoms with Gasteiger partial charge in [0.1, 0.15) is 5.54 Å². The first-order valence-corrected chi connectivity index (χ1v) is 9.09. The van der Waals surface area contributed by atoms with Gasteiger partial charge in [-0.15, -0.1) is 5.10 Å². The van der Waals surface area contributed by atoms with Crippen LogP contribution in [-0.4, -0.2) is 32.0 Å². The predicted molar refractivity (Wildman–Crippen MR) is 88.1 cm³/mol. The Kier molecular flexibility index (Phi) is 6.28. The van der Waals surface area contributed by atoms with Crippen molar-refractivity contribution in [3.8, 4) is 6.07 Å². The molecule has 1 saturated carbocycles. The van der Waals surface area contributed by atoms with Gasteiger partial charge in [0, 0.05) is 6.54 Å². The minimum absolute atomic E-state index is 0.153. The number of carbonyl (C=O) groups excluding carboxylic acids is 1. The third-order valence-electron chi connectivity index (χ3n) is 4.09. The van der Waals surface area contributed by atoms with Crippen LogP contribution in [-0.2, 0) is 11.3 Å². The molecule has 1 heterocycles. The number of hydrogen-bond donors (Lipinski definition) is 2. The molecule has 23 heavy (non-hydrogen) atoms. The van der Waals surface area contributed by atoms with Crippen LogP contribution in [0.4, 0.5) is 0 Å². The second kappa shape index (κ2) is 8.20. The molecule has 8 heteroatoms. The highest BCUT2D eigenvalue weighted by Gasteiger charge is 2.33. The van der Waals surface area contributed by atoms with Crippen molar-refractivity contribution in [1.29, 1.82) is 5.26 Å². The number of hydrogen-bond acceptors (Lipinski definition) is 5. The van der Waals surface area contributed by atoms with Crippen LogP contribution in [0.3, 0.4) is 0 Å². The molecule has 0 spiro atoms. The number of nitrogens with zero attached hydrogens (tertiary/aromatic N) is 3. The molecule has 0 atom stereocenters. The Hall–Kier alpha value is -1.75. The number of aromatic amines is 1. The molecule has 1 aromatic rings. The summed E-state index contributed by atoms with van der Waals surface area (Å²) in [6.07, 6.45) is 6.34. The summed E-state index contributed by atoms with van der Waals surface area (Å²) in [4.78, 5) is 23.9. The molecule has 0 saturated heterocycles. The van der Waals surface area contributed by atoms with Gasteiger partial charge in [-0.2, -0.15) is 5.26 Å². The van der Waals surface area contributed by atoms with Crippen LogP contribution in [0.25, 0.3) is 0 Å². The van der Waals surface area contributed by atoms with E-state index in [2.05, 4.69) is 28.5 Å². The van der Waals surface area contributed by atoms with Crippen molar-refractivity contribution in [2.75, 3.05) is 5.75 Å². The standard InChI is InChI=1S/C15H23N5O2S/c1-2-3-9-20-13(22)18-19-14(20)23-10-12(21)17-15(11-16)7-5-4-6-8-15/h2-10H2,1H3,(H,17,21)(H,18,22). The van der Waals surface area contributed by atoms with E-state index in [0.29, 0.717) is 24.5 Å². The van der Waals surface area contributed by atoms with Gasteiger partial charge in [-0.05, 0) is 19.3 Å².